The molecule has 2 aliphatic rings. The van der Waals surface area contributed by atoms with Crippen LogP contribution in [0.15, 0.2) is 0 Å². The van der Waals surface area contributed by atoms with Gasteiger partial charge in [0.25, 0.3) is 0 Å². The molecule has 1 atom stereocenters. The summed E-state index contributed by atoms with van der Waals surface area (Å²) in [5.74, 6) is -1.53. The molecule has 2 rings (SSSR count). The Labute approximate surface area is 76.9 Å². The SMILES string of the molecule is O=C(O)C1CCS(=O)(=O)C12CCC2. The van der Waals surface area contributed by atoms with Crippen LogP contribution in [0.4, 0.5) is 0 Å². The van der Waals surface area contributed by atoms with Crippen LogP contribution in [0, 0.1) is 5.92 Å². The van der Waals surface area contributed by atoms with Gasteiger partial charge in [0.15, 0.2) is 9.84 Å². The fraction of sp³-hybridized carbons (Fsp3) is 0.875. The zero-order valence-electron chi connectivity index (χ0n) is 7.19. The highest BCUT2D eigenvalue weighted by Crippen LogP contribution is 2.51. The molecule has 1 saturated carbocycles. The Morgan fingerprint density at radius 3 is 2.31 bits per heavy atom. The number of aliphatic carboxylic acids is 1. The number of carboxylic acids is 1. The molecule has 0 bridgehead atoms. The molecule has 0 amide bonds. The molecule has 0 radical (unpaired) electrons. The number of rotatable bonds is 1. The number of hydrogen-bond acceptors (Lipinski definition) is 3. The maximum atomic E-state index is 11.6. The van der Waals surface area contributed by atoms with Crippen LogP contribution in [0.3, 0.4) is 0 Å². The number of hydrogen-bond donors (Lipinski definition) is 1. The molecule has 1 aliphatic heterocycles. The van der Waals surface area contributed by atoms with Gasteiger partial charge in [-0.15, -0.1) is 0 Å². The van der Waals surface area contributed by atoms with Crippen LogP contribution < -0.4 is 0 Å². The first-order valence-electron chi connectivity index (χ1n) is 4.45. The van der Waals surface area contributed by atoms with E-state index in [2.05, 4.69) is 0 Å². The van der Waals surface area contributed by atoms with Gasteiger partial charge in [0.05, 0.1) is 16.4 Å². The van der Waals surface area contributed by atoms with E-state index in [1.165, 1.54) is 0 Å². The molecule has 0 aromatic heterocycles. The second-order valence-corrected chi connectivity index (χ2v) is 6.37. The quantitative estimate of drug-likeness (QED) is 0.672. The average Bonchev–Trinajstić information content (AvgIpc) is 2.19. The summed E-state index contributed by atoms with van der Waals surface area (Å²) < 4.78 is 22.4. The van der Waals surface area contributed by atoms with Crippen molar-refractivity contribution in [3.8, 4) is 0 Å². The molecule has 1 N–H and O–H groups in total. The lowest BCUT2D eigenvalue weighted by atomic mass is 9.74. The molecule has 1 spiro atoms. The van der Waals surface area contributed by atoms with Crippen molar-refractivity contribution in [1.29, 1.82) is 0 Å². The predicted octanol–water partition coefficient (Wildman–Crippen LogP) is 0.428. The Morgan fingerprint density at radius 1 is 1.38 bits per heavy atom. The Morgan fingerprint density at radius 2 is 2.00 bits per heavy atom. The lowest BCUT2D eigenvalue weighted by Gasteiger charge is -2.39. The van der Waals surface area contributed by atoms with Crippen LogP contribution in [-0.2, 0) is 14.6 Å². The van der Waals surface area contributed by atoms with Crippen LogP contribution in [0.25, 0.3) is 0 Å². The summed E-state index contributed by atoms with van der Waals surface area (Å²) >= 11 is 0. The number of sulfone groups is 1. The molecule has 13 heavy (non-hydrogen) atoms. The van der Waals surface area contributed by atoms with Gasteiger partial charge in [-0.1, -0.05) is 6.42 Å². The lowest BCUT2D eigenvalue weighted by Crippen LogP contribution is -2.49. The summed E-state index contributed by atoms with van der Waals surface area (Å²) in [6.45, 7) is 0. The van der Waals surface area contributed by atoms with Crippen molar-refractivity contribution in [3.05, 3.63) is 0 Å². The van der Waals surface area contributed by atoms with E-state index in [0.29, 0.717) is 19.3 Å². The molecule has 74 valence electrons. The van der Waals surface area contributed by atoms with Crippen LogP contribution in [-0.4, -0.2) is 30.0 Å². The molecular formula is C8H12O4S. The van der Waals surface area contributed by atoms with Crippen LogP contribution >= 0.6 is 0 Å². The standard InChI is InChI=1S/C8H12O4S/c9-7(10)6-2-5-13(11,12)8(6)3-1-4-8/h6H,1-5H2,(H,9,10). The Hall–Kier alpha value is -0.580. The van der Waals surface area contributed by atoms with E-state index in [1.54, 1.807) is 0 Å². The molecule has 1 heterocycles. The smallest absolute Gasteiger partial charge is 0.308 e. The van der Waals surface area contributed by atoms with Gasteiger partial charge >= 0.3 is 5.97 Å². The van der Waals surface area contributed by atoms with Crippen molar-refractivity contribution >= 4 is 15.8 Å². The van der Waals surface area contributed by atoms with E-state index < -0.39 is 26.5 Å². The van der Waals surface area contributed by atoms with Crippen molar-refractivity contribution in [2.45, 2.75) is 30.4 Å². The van der Waals surface area contributed by atoms with Gasteiger partial charge in [0.1, 0.15) is 0 Å². The van der Waals surface area contributed by atoms with E-state index in [0.717, 1.165) is 6.42 Å². The molecule has 2 fully saturated rings. The van der Waals surface area contributed by atoms with Gasteiger partial charge in [-0.25, -0.2) is 8.42 Å². The first kappa shape index (κ1) is 8.99. The van der Waals surface area contributed by atoms with Gasteiger partial charge in [-0.05, 0) is 19.3 Å². The molecule has 0 aromatic carbocycles. The second-order valence-electron chi connectivity index (χ2n) is 3.92. The maximum Gasteiger partial charge on any atom is 0.308 e. The second kappa shape index (κ2) is 2.47. The Kier molecular flexibility index (Phi) is 1.71. The van der Waals surface area contributed by atoms with Gasteiger partial charge in [0, 0.05) is 0 Å². The molecule has 1 aliphatic carbocycles. The summed E-state index contributed by atoms with van der Waals surface area (Å²) in [6, 6.07) is 0. The Bertz CT molecular complexity index is 339. The van der Waals surface area contributed by atoms with E-state index in [1.807, 2.05) is 0 Å². The summed E-state index contributed by atoms with van der Waals surface area (Å²) in [5, 5.41) is 8.88. The van der Waals surface area contributed by atoms with Gasteiger partial charge in [0.2, 0.25) is 0 Å². The molecule has 1 unspecified atom stereocenters. The molecular weight excluding hydrogens is 192 g/mol. The third-order valence-corrected chi connectivity index (χ3v) is 6.13. The zero-order valence-corrected chi connectivity index (χ0v) is 8.01. The summed E-state index contributed by atoms with van der Waals surface area (Å²) in [6.07, 6.45) is 2.25. The average molecular weight is 204 g/mol. The third kappa shape index (κ3) is 0.964. The first-order chi connectivity index (χ1) is 6.00. The van der Waals surface area contributed by atoms with Crippen molar-refractivity contribution in [3.63, 3.8) is 0 Å². The topological polar surface area (TPSA) is 71.4 Å². The van der Waals surface area contributed by atoms with Crippen molar-refractivity contribution < 1.29 is 18.3 Å². The van der Waals surface area contributed by atoms with Crippen molar-refractivity contribution in [2.24, 2.45) is 5.92 Å². The minimum absolute atomic E-state index is 0.0595. The predicted molar refractivity (Wildman–Crippen MR) is 46.1 cm³/mol. The van der Waals surface area contributed by atoms with E-state index in [-0.39, 0.29) is 5.75 Å². The highest BCUT2D eigenvalue weighted by Gasteiger charge is 2.60. The summed E-state index contributed by atoms with van der Waals surface area (Å²) in [5.41, 5.74) is 0. The number of carbonyl (C=O) groups is 1. The highest BCUT2D eigenvalue weighted by molar-refractivity contribution is 7.93. The van der Waals surface area contributed by atoms with Crippen molar-refractivity contribution in [1.82, 2.24) is 0 Å². The Balaban J connectivity index is 2.41. The van der Waals surface area contributed by atoms with E-state index >= 15 is 0 Å². The molecule has 0 aromatic rings. The fourth-order valence-electron chi connectivity index (χ4n) is 2.49. The third-order valence-electron chi connectivity index (χ3n) is 3.43. The van der Waals surface area contributed by atoms with Crippen LogP contribution in [0.1, 0.15) is 25.7 Å². The van der Waals surface area contributed by atoms with Gasteiger partial charge in [-0.2, -0.15) is 0 Å². The minimum Gasteiger partial charge on any atom is -0.481 e. The molecule has 4 nitrogen and oxygen atoms in total. The lowest BCUT2D eigenvalue weighted by molar-refractivity contribution is -0.143. The minimum atomic E-state index is -3.12. The largest absolute Gasteiger partial charge is 0.481 e. The zero-order chi connectivity index (χ0) is 9.69. The highest BCUT2D eigenvalue weighted by atomic mass is 32.2. The monoisotopic (exact) mass is 204 g/mol. The molecule has 1 saturated heterocycles. The van der Waals surface area contributed by atoms with Crippen LogP contribution in [0.2, 0.25) is 0 Å². The van der Waals surface area contributed by atoms with E-state index in [9.17, 15) is 13.2 Å². The molecule has 5 heteroatoms. The van der Waals surface area contributed by atoms with Gasteiger partial charge in [-0.3, -0.25) is 4.79 Å². The summed E-state index contributed by atoms with van der Waals surface area (Å²) in [4.78, 5) is 10.8. The maximum absolute atomic E-state index is 11.6. The normalized spacial score (nSPS) is 34.3. The van der Waals surface area contributed by atoms with Crippen molar-refractivity contribution in [2.75, 3.05) is 5.75 Å². The number of carboxylic acid groups (broad SMARTS) is 1. The van der Waals surface area contributed by atoms with Gasteiger partial charge < -0.3 is 5.11 Å². The van der Waals surface area contributed by atoms with Crippen LogP contribution in [0.5, 0.6) is 0 Å². The fourth-order valence-corrected chi connectivity index (χ4v) is 5.00. The first-order valence-corrected chi connectivity index (χ1v) is 6.10. The summed E-state index contributed by atoms with van der Waals surface area (Å²) in [7, 11) is -3.12. The van der Waals surface area contributed by atoms with E-state index in [4.69, 9.17) is 5.11 Å².